The number of thiazole rings is 1. The zero-order valence-corrected chi connectivity index (χ0v) is 20.0. The average Bonchev–Trinajstić information content (AvgIpc) is 3.00. The van der Waals surface area contributed by atoms with Crippen molar-refractivity contribution in [1.29, 1.82) is 0 Å². The molecule has 0 unspecified atom stereocenters. The van der Waals surface area contributed by atoms with E-state index >= 15 is 0 Å². The van der Waals surface area contributed by atoms with E-state index in [0.717, 1.165) is 35.0 Å². The van der Waals surface area contributed by atoms with Crippen LogP contribution >= 0.6 is 35.3 Å². The number of carbonyl (C=O) groups is 1. The third kappa shape index (κ3) is 8.09. The van der Waals surface area contributed by atoms with Crippen LogP contribution < -0.4 is 16.0 Å². The molecule has 1 aromatic heterocycles. The van der Waals surface area contributed by atoms with Crippen LogP contribution in [0.5, 0.6) is 0 Å². The second-order valence-electron chi connectivity index (χ2n) is 6.20. The van der Waals surface area contributed by atoms with Crippen LogP contribution in [0.2, 0.25) is 0 Å². The van der Waals surface area contributed by atoms with Gasteiger partial charge in [-0.05, 0) is 45.0 Å². The maximum atomic E-state index is 12.6. The van der Waals surface area contributed by atoms with Crippen LogP contribution in [0.25, 0.3) is 0 Å². The number of amides is 1. The summed E-state index contributed by atoms with van der Waals surface area (Å²) in [6, 6.07) is 4.11. The minimum atomic E-state index is -4.42. The lowest BCUT2D eigenvalue weighted by Gasteiger charge is -2.12. The summed E-state index contributed by atoms with van der Waals surface area (Å²) in [5.74, 6) is 0.165. The maximum Gasteiger partial charge on any atom is 0.416 e. The molecule has 0 aliphatic heterocycles. The van der Waals surface area contributed by atoms with Gasteiger partial charge < -0.3 is 16.0 Å². The van der Waals surface area contributed by atoms with Crippen LogP contribution in [0.3, 0.4) is 0 Å². The van der Waals surface area contributed by atoms with Crippen molar-refractivity contribution in [2.45, 2.75) is 33.5 Å². The predicted molar refractivity (Wildman–Crippen MR) is 124 cm³/mol. The number of aliphatic imine (C=N–C) groups is 1. The minimum absolute atomic E-state index is 0. The summed E-state index contributed by atoms with van der Waals surface area (Å²) < 4.78 is 37.7. The molecule has 0 saturated carbocycles. The quantitative estimate of drug-likeness (QED) is 0.210. The van der Waals surface area contributed by atoms with Gasteiger partial charge in [0.15, 0.2) is 5.96 Å². The Labute approximate surface area is 194 Å². The Morgan fingerprint density at radius 1 is 1.10 bits per heavy atom. The van der Waals surface area contributed by atoms with Crippen molar-refractivity contribution in [2.75, 3.05) is 19.6 Å². The molecule has 0 fully saturated rings. The lowest BCUT2D eigenvalue weighted by atomic mass is 10.1. The molecule has 30 heavy (non-hydrogen) atoms. The van der Waals surface area contributed by atoms with Crippen molar-refractivity contribution in [3.63, 3.8) is 0 Å². The number of halogens is 4. The fourth-order valence-electron chi connectivity index (χ4n) is 2.36. The molecule has 0 atom stereocenters. The Morgan fingerprint density at radius 3 is 2.27 bits per heavy atom. The molecule has 2 aromatic rings. The highest BCUT2D eigenvalue weighted by molar-refractivity contribution is 14.0. The molecule has 1 amide bonds. The van der Waals surface area contributed by atoms with Gasteiger partial charge in [-0.3, -0.25) is 4.79 Å². The fourth-order valence-corrected chi connectivity index (χ4v) is 3.22. The van der Waals surface area contributed by atoms with Crippen LogP contribution in [0, 0.1) is 13.8 Å². The van der Waals surface area contributed by atoms with Gasteiger partial charge in [0.05, 0.1) is 17.8 Å². The van der Waals surface area contributed by atoms with Crippen molar-refractivity contribution in [3.8, 4) is 0 Å². The van der Waals surface area contributed by atoms with E-state index in [9.17, 15) is 18.0 Å². The monoisotopic (exact) mass is 555 g/mol. The normalized spacial score (nSPS) is 11.6. The first-order chi connectivity index (χ1) is 13.7. The number of aryl methyl sites for hydroxylation is 2. The van der Waals surface area contributed by atoms with Gasteiger partial charge in [0.1, 0.15) is 5.01 Å². The fraction of sp³-hybridized carbons (Fsp3) is 0.421. The smallest absolute Gasteiger partial charge is 0.357 e. The third-order valence-electron chi connectivity index (χ3n) is 3.97. The van der Waals surface area contributed by atoms with Crippen molar-refractivity contribution in [2.24, 2.45) is 4.99 Å². The van der Waals surface area contributed by atoms with Crippen LogP contribution in [0.4, 0.5) is 13.2 Å². The van der Waals surface area contributed by atoms with Gasteiger partial charge in [0.25, 0.3) is 5.91 Å². The number of rotatable bonds is 7. The van der Waals surface area contributed by atoms with Crippen LogP contribution in [-0.4, -0.2) is 36.5 Å². The van der Waals surface area contributed by atoms with Crippen molar-refractivity contribution in [3.05, 3.63) is 51.0 Å². The summed E-state index contributed by atoms with van der Waals surface area (Å²) in [5, 5.41) is 9.80. The van der Waals surface area contributed by atoms with E-state index in [-0.39, 0.29) is 29.5 Å². The minimum Gasteiger partial charge on any atom is -0.357 e. The summed E-state index contributed by atoms with van der Waals surface area (Å²) in [6.07, 6.45) is -4.42. The van der Waals surface area contributed by atoms with Crippen LogP contribution in [0.1, 0.15) is 38.4 Å². The number of alkyl halides is 3. The van der Waals surface area contributed by atoms with E-state index in [4.69, 9.17) is 0 Å². The molecule has 0 aliphatic rings. The Morgan fingerprint density at radius 2 is 1.73 bits per heavy atom. The van der Waals surface area contributed by atoms with Gasteiger partial charge in [0.2, 0.25) is 0 Å². The van der Waals surface area contributed by atoms with Crippen LogP contribution in [-0.2, 0) is 12.7 Å². The maximum absolute atomic E-state index is 12.6. The first-order valence-electron chi connectivity index (χ1n) is 9.11. The molecule has 2 rings (SSSR count). The Balaban J connectivity index is 0.00000450. The van der Waals surface area contributed by atoms with E-state index in [2.05, 4.69) is 25.9 Å². The largest absolute Gasteiger partial charge is 0.416 e. The van der Waals surface area contributed by atoms with E-state index in [1.165, 1.54) is 4.88 Å². The number of benzene rings is 1. The summed E-state index contributed by atoms with van der Waals surface area (Å²) in [5.41, 5.74) is 0.394. The topological polar surface area (TPSA) is 78.4 Å². The molecule has 3 N–H and O–H groups in total. The highest BCUT2D eigenvalue weighted by Crippen LogP contribution is 2.29. The van der Waals surface area contributed by atoms with Crippen molar-refractivity contribution in [1.82, 2.24) is 20.9 Å². The molecule has 1 heterocycles. The number of hydrogen-bond donors (Lipinski definition) is 3. The molecule has 1 aromatic carbocycles. The Hall–Kier alpha value is -1.89. The van der Waals surface area contributed by atoms with Gasteiger partial charge in [-0.2, -0.15) is 13.2 Å². The van der Waals surface area contributed by atoms with E-state index < -0.39 is 17.6 Å². The van der Waals surface area contributed by atoms with Gasteiger partial charge >= 0.3 is 6.18 Å². The lowest BCUT2D eigenvalue weighted by molar-refractivity contribution is -0.137. The first-order valence-corrected chi connectivity index (χ1v) is 9.93. The SMILES string of the molecule is CCNC(=NCc1nc(C)c(C)s1)NCCNC(=O)c1ccc(C(F)(F)F)cc1.I. The highest BCUT2D eigenvalue weighted by Gasteiger charge is 2.30. The second kappa shape index (κ2) is 12.1. The highest BCUT2D eigenvalue weighted by atomic mass is 127. The Bertz CT molecular complexity index is 833. The summed E-state index contributed by atoms with van der Waals surface area (Å²) in [4.78, 5) is 22.1. The number of guanidine groups is 1. The van der Waals surface area contributed by atoms with E-state index in [1.54, 1.807) is 11.3 Å². The number of hydrogen-bond acceptors (Lipinski definition) is 4. The lowest BCUT2D eigenvalue weighted by Crippen LogP contribution is -2.41. The second-order valence-corrected chi connectivity index (χ2v) is 7.49. The van der Waals surface area contributed by atoms with E-state index in [1.807, 2.05) is 20.8 Å². The average molecular weight is 555 g/mol. The molecule has 11 heteroatoms. The molecular weight excluding hydrogens is 530 g/mol. The zero-order chi connectivity index (χ0) is 21.4. The van der Waals surface area contributed by atoms with E-state index in [0.29, 0.717) is 32.1 Å². The summed E-state index contributed by atoms with van der Waals surface area (Å²) in [6.45, 7) is 7.76. The standard InChI is InChI=1S/C19H24F3N5OS.HI/c1-4-23-18(26-11-16-27-12(2)13(3)29-16)25-10-9-24-17(28)14-5-7-15(8-6-14)19(20,21)22;/h5-8H,4,9-11H2,1-3H3,(H,24,28)(H2,23,25,26);1H. The summed E-state index contributed by atoms with van der Waals surface area (Å²) in [7, 11) is 0. The number of carbonyl (C=O) groups excluding carboxylic acids is 1. The predicted octanol–water partition coefficient (Wildman–Crippen LogP) is 3.88. The molecule has 0 bridgehead atoms. The van der Waals surface area contributed by atoms with Gasteiger partial charge in [0, 0.05) is 30.1 Å². The zero-order valence-electron chi connectivity index (χ0n) is 16.9. The Kier molecular flexibility index (Phi) is 10.5. The van der Waals surface area contributed by atoms with Crippen molar-refractivity contribution >= 4 is 47.2 Å². The molecule has 166 valence electrons. The molecular formula is C19H25F3IN5OS. The molecule has 0 saturated heterocycles. The molecule has 0 aliphatic carbocycles. The number of aromatic nitrogens is 1. The third-order valence-corrected chi connectivity index (χ3v) is 5.02. The van der Waals surface area contributed by atoms with Gasteiger partial charge in [-0.1, -0.05) is 0 Å². The first kappa shape index (κ1) is 26.1. The van der Waals surface area contributed by atoms with Crippen molar-refractivity contribution < 1.29 is 18.0 Å². The summed E-state index contributed by atoms with van der Waals surface area (Å²) >= 11 is 1.61. The van der Waals surface area contributed by atoms with Gasteiger partial charge in [-0.25, -0.2) is 9.98 Å². The van der Waals surface area contributed by atoms with Crippen LogP contribution in [0.15, 0.2) is 29.3 Å². The number of nitrogens with one attached hydrogen (secondary N) is 3. The van der Waals surface area contributed by atoms with Gasteiger partial charge in [-0.15, -0.1) is 35.3 Å². The molecule has 6 nitrogen and oxygen atoms in total. The number of nitrogens with zero attached hydrogens (tertiary/aromatic N) is 2. The molecule has 0 radical (unpaired) electrons. The molecule has 0 spiro atoms.